The number of hydrogen-bond acceptors (Lipinski definition) is 3. The van der Waals surface area contributed by atoms with Gasteiger partial charge >= 0.3 is 5.97 Å². The third-order valence-corrected chi connectivity index (χ3v) is 5.93. The molecule has 0 spiro atoms. The molecule has 1 saturated carbocycles. The first-order valence-electron chi connectivity index (χ1n) is 8.01. The predicted molar refractivity (Wildman–Crippen MR) is 80.8 cm³/mol. The van der Waals surface area contributed by atoms with E-state index in [-0.39, 0.29) is 41.2 Å². The fourth-order valence-corrected chi connectivity index (χ4v) is 3.95. The molecular weight excluding hydrogens is 268 g/mol. The number of carbonyl (C=O) groups is 2. The SMILES string of the molecule is CC1NCCC1C(=O)NC1CCC(C(=O)O)C(C)(C)C1C. The standard InChI is InChI=1S/C16H28N2O3/c1-9-13(6-5-12(15(20)21)16(9,3)4)18-14(19)11-7-8-17-10(11)2/h9-13,17H,5-8H2,1-4H3,(H,18,19)(H,20,21). The van der Waals surface area contributed by atoms with Crippen LogP contribution in [0.3, 0.4) is 0 Å². The summed E-state index contributed by atoms with van der Waals surface area (Å²) < 4.78 is 0. The molecule has 2 rings (SSSR count). The Hall–Kier alpha value is -1.10. The van der Waals surface area contributed by atoms with Crippen LogP contribution < -0.4 is 10.6 Å². The number of nitrogens with one attached hydrogen (secondary N) is 2. The van der Waals surface area contributed by atoms with E-state index < -0.39 is 5.97 Å². The molecule has 0 aromatic carbocycles. The molecule has 5 heteroatoms. The van der Waals surface area contributed by atoms with E-state index >= 15 is 0 Å². The Morgan fingerprint density at radius 2 is 1.86 bits per heavy atom. The quantitative estimate of drug-likeness (QED) is 0.739. The second kappa shape index (κ2) is 5.95. The number of aliphatic carboxylic acids is 1. The molecule has 1 amide bonds. The molecule has 5 unspecified atom stereocenters. The van der Waals surface area contributed by atoms with Crippen molar-refractivity contribution >= 4 is 11.9 Å². The van der Waals surface area contributed by atoms with E-state index in [0.29, 0.717) is 6.42 Å². The molecule has 0 radical (unpaired) electrons. The lowest BCUT2D eigenvalue weighted by molar-refractivity contribution is -0.150. The van der Waals surface area contributed by atoms with Crippen molar-refractivity contribution in [3.05, 3.63) is 0 Å². The summed E-state index contributed by atoms with van der Waals surface area (Å²) in [6.07, 6.45) is 2.27. The monoisotopic (exact) mass is 296 g/mol. The minimum atomic E-state index is -0.717. The van der Waals surface area contributed by atoms with Crippen molar-refractivity contribution in [3.8, 4) is 0 Å². The zero-order valence-corrected chi connectivity index (χ0v) is 13.5. The third kappa shape index (κ3) is 3.07. The van der Waals surface area contributed by atoms with Crippen molar-refractivity contribution < 1.29 is 14.7 Å². The van der Waals surface area contributed by atoms with Crippen LogP contribution >= 0.6 is 0 Å². The molecule has 0 aromatic heterocycles. The van der Waals surface area contributed by atoms with Gasteiger partial charge in [0.25, 0.3) is 0 Å². The molecule has 1 aliphatic heterocycles. The van der Waals surface area contributed by atoms with E-state index in [9.17, 15) is 14.7 Å². The topological polar surface area (TPSA) is 78.4 Å². The van der Waals surface area contributed by atoms with Gasteiger partial charge in [-0.1, -0.05) is 20.8 Å². The van der Waals surface area contributed by atoms with Crippen molar-refractivity contribution in [2.45, 2.75) is 59.0 Å². The summed E-state index contributed by atoms with van der Waals surface area (Å²) in [5.74, 6) is -0.731. The summed E-state index contributed by atoms with van der Waals surface area (Å²) in [7, 11) is 0. The highest BCUT2D eigenvalue weighted by Crippen LogP contribution is 2.45. The maximum Gasteiger partial charge on any atom is 0.307 e. The van der Waals surface area contributed by atoms with E-state index in [1.807, 2.05) is 20.8 Å². The molecule has 0 bridgehead atoms. The second-order valence-corrected chi connectivity index (χ2v) is 7.33. The maximum absolute atomic E-state index is 12.4. The normalized spacial score (nSPS) is 39.0. The minimum Gasteiger partial charge on any atom is -0.481 e. The van der Waals surface area contributed by atoms with E-state index in [2.05, 4.69) is 17.6 Å². The Balaban J connectivity index is 2.02. The van der Waals surface area contributed by atoms with E-state index in [0.717, 1.165) is 19.4 Å². The van der Waals surface area contributed by atoms with Gasteiger partial charge in [-0.15, -0.1) is 0 Å². The van der Waals surface area contributed by atoms with Crippen LogP contribution in [0.4, 0.5) is 0 Å². The molecule has 0 aromatic rings. The molecule has 5 atom stereocenters. The van der Waals surface area contributed by atoms with Gasteiger partial charge in [-0.05, 0) is 44.1 Å². The van der Waals surface area contributed by atoms with Gasteiger partial charge in [0.2, 0.25) is 5.91 Å². The highest BCUT2D eigenvalue weighted by molar-refractivity contribution is 5.80. The van der Waals surface area contributed by atoms with Gasteiger partial charge in [-0.25, -0.2) is 0 Å². The summed E-state index contributed by atoms with van der Waals surface area (Å²) in [5, 5.41) is 15.9. The zero-order chi connectivity index (χ0) is 15.8. The second-order valence-electron chi connectivity index (χ2n) is 7.33. The Bertz CT molecular complexity index is 422. The van der Waals surface area contributed by atoms with Crippen LogP contribution in [0.5, 0.6) is 0 Å². The van der Waals surface area contributed by atoms with Gasteiger partial charge in [0.1, 0.15) is 0 Å². The van der Waals surface area contributed by atoms with Crippen LogP contribution in [0.15, 0.2) is 0 Å². The van der Waals surface area contributed by atoms with Crippen molar-refractivity contribution in [2.24, 2.45) is 23.2 Å². The average molecular weight is 296 g/mol. The molecule has 120 valence electrons. The summed E-state index contributed by atoms with van der Waals surface area (Å²) in [6.45, 7) is 9.03. The molecule has 2 fully saturated rings. The van der Waals surface area contributed by atoms with Crippen LogP contribution in [0.2, 0.25) is 0 Å². The average Bonchev–Trinajstić information content (AvgIpc) is 2.81. The van der Waals surface area contributed by atoms with Gasteiger partial charge in [-0.2, -0.15) is 0 Å². The van der Waals surface area contributed by atoms with Crippen molar-refractivity contribution in [3.63, 3.8) is 0 Å². The Morgan fingerprint density at radius 3 is 2.38 bits per heavy atom. The lowest BCUT2D eigenvalue weighted by atomic mass is 9.61. The first kappa shape index (κ1) is 16.3. The molecule has 21 heavy (non-hydrogen) atoms. The molecular formula is C16H28N2O3. The van der Waals surface area contributed by atoms with Crippen LogP contribution in [0, 0.1) is 23.2 Å². The largest absolute Gasteiger partial charge is 0.481 e. The summed E-state index contributed by atoms with van der Waals surface area (Å²) in [6, 6.07) is 0.305. The fourth-order valence-electron chi connectivity index (χ4n) is 3.95. The summed E-state index contributed by atoms with van der Waals surface area (Å²) >= 11 is 0. The van der Waals surface area contributed by atoms with Crippen LogP contribution in [0.25, 0.3) is 0 Å². The van der Waals surface area contributed by atoms with Crippen molar-refractivity contribution in [1.82, 2.24) is 10.6 Å². The number of carboxylic acid groups (broad SMARTS) is 1. The van der Waals surface area contributed by atoms with Crippen molar-refractivity contribution in [1.29, 1.82) is 0 Å². The third-order valence-electron chi connectivity index (χ3n) is 5.93. The Morgan fingerprint density at radius 1 is 1.19 bits per heavy atom. The number of carbonyl (C=O) groups excluding carboxylic acids is 1. The molecule has 1 aliphatic carbocycles. The zero-order valence-electron chi connectivity index (χ0n) is 13.5. The lowest BCUT2D eigenvalue weighted by Gasteiger charge is -2.46. The van der Waals surface area contributed by atoms with Crippen molar-refractivity contribution in [2.75, 3.05) is 6.54 Å². The van der Waals surface area contributed by atoms with Crippen LogP contribution in [-0.4, -0.2) is 35.6 Å². The van der Waals surface area contributed by atoms with Crippen LogP contribution in [-0.2, 0) is 9.59 Å². The minimum absolute atomic E-state index is 0.0394. The van der Waals surface area contributed by atoms with Gasteiger partial charge < -0.3 is 15.7 Å². The maximum atomic E-state index is 12.4. The first-order chi connectivity index (χ1) is 9.75. The number of rotatable bonds is 3. The van der Waals surface area contributed by atoms with Gasteiger partial charge in [0, 0.05) is 12.1 Å². The van der Waals surface area contributed by atoms with Gasteiger partial charge in [-0.3, -0.25) is 9.59 Å². The molecule has 1 heterocycles. The molecule has 1 saturated heterocycles. The summed E-state index contributed by atoms with van der Waals surface area (Å²) in [5.41, 5.74) is -0.304. The molecule has 5 nitrogen and oxygen atoms in total. The fraction of sp³-hybridized carbons (Fsp3) is 0.875. The number of amides is 1. The highest BCUT2D eigenvalue weighted by Gasteiger charge is 2.47. The van der Waals surface area contributed by atoms with E-state index in [4.69, 9.17) is 0 Å². The highest BCUT2D eigenvalue weighted by atomic mass is 16.4. The van der Waals surface area contributed by atoms with Gasteiger partial charge in [0.15, 0.2) is 0 Å². The number of carboxylic acids is 1. The number of hydrogen-bond donors (Lipinski definition) is 3. The predicted octanol–water partition coefficient (Wildman–Crippen LogP) is 1.63. The van der Waals surface area contributed by atoms with Gasteiger partial charge in [0.05, 0.1) is 11.8 Å². The van der Waals surface area contributed by atoms with Crippen LogP contribution in [0.1, 0.15) is 47.0 Å². The summed E-state index contributed by atoms with van der Waals surface area (Å²) in [4.78, 5) is 23.8. The Labute approximate surface area is 126 Å². The first-order valence-corrected chi connectivity index (χ1v) is 8.01. The van der Waals surface area contributed by atoms with E-state index in [1.165, 1.54) is 0 Å². The van der Waals surface area contributed by atoms with E-state index in [1.54, 1.807) is 0 Å². The lowest BCUT2D eigenvalue weighted by Crippen LogP contribution is -2.53. The Kier molecular flexibility index (Phi) is 4.61. The molecule has 2 aliphatic rings. The molecule has 3 N–H and O–H groups in total. The smallest absolute Gasteiger partial charge is 0.307 e.